The summed E-state index contributed by atoms with van der Waals surface area (Å²) < 4.78 is 6.30. The second-order valence-electron chi connectivity index (χ2n) is 8.41. The maximum absolute atomic E-state index is 6.30. The van der Waals surface area contributed by atoms with Gasteiger partial charge in [0.05, 0.1) is 5.56 Å². The van der Waals surface area contributed by atoms with Gasteiger partial charge in [-0.1, -0.05) is 54.6 Å². The SMILES string of the molecule is Nc1nc(N)c2c(n1)O[C@]1(CCCN(Cc3ccc(-c4ccccc4)cc3)CC1)C2. The first-order chi connectivity index (χ1) is 14.6. The van der Waals surface area contributed by atoms with E-state index in [0.717, 1.165) is 50.9 Å². The largest absolute Gasteiger partial charge is 0.470 e. The monoisotopic (exact) mass is 401 g/mol. The Balaban J connectivity index is 1.24. The van der Waals surface area contributed by atoms with Gasteiger partial charge < -0.3 is 16.2 Å². The molecule has 6 heteroatoms. The van der Waals surface area contributed by atoms with Crippen LogP contribution in [0.25, 0.3) is 11.1 Å². The highest BCUT2D eigenvalue weighted by Crippen LogP contribution is 2.42. The molecule has 0 unspecified atom stereocenters. The average molecular weight is 402 g/mol. The number of aromatic nitrogens is 2. The zero-order valence-electron chi connectivity index (χ0n) is 17.1. The van der Waals surface area contributed by atoms with Gasteiger partial charge >= 0.3 is 0 Å². The van der Waals surface area contributed by atoms with Crippen LogP contribution in [0.15, 0.2) is 54.6 Å². The third-order valence-corrected chi connectivity index (χ3v) is 6.29. The van der Waals surface area contributed by atoms with Gasteiger partial charge in [0.2, 0.25) is 11.8 Å². The van der Waals surface area contributed by atoms with Gasteiger partial charge in [-0.2, -0.15) is 9.97 Å². The number of rotatable bonds is 3. The molecule has 2 aromatic carbocycles. The van der Waals surface area contributed by atoms with Crippen molar-refractivity contribution in [3.05, 3.63) is 65.7 Å². The Morgan fingerprint density at radius 1 is 0.900 bits per heavy atom. The van der Waals surface area contributed by atoms with Crippen LogP contribution in [0.1, 0.15) is 30.4 Å². The number of nitrogen functional groups attached to an aromatic ring is 2. The van der Waals surface area contributed by atoms with E-state index >= 15 is 0 Å². The molecule has 1 aromatic heterocycles. The first-order valence-electron chi connectivity index (χ1n) is 10.6. The average Bonchev–Trinajstić information content (AvgIpc) is 3.00. The molecule has 30 heavy (non-hydrogen) atoms. The molecule has 1 fully saturated rings. The number of nitrogens with two attached hydrogens (primary N) is 2. The lowest BCUT2D eigenvalue weighted by atomic mass is 9.90. The number of nitrogens with zero attached hydrogens (tertiary/aromatic N) is 3. The summed E-state index contributed by atoms with van der Waals surface area (Å²) >= 11 is 0. The summed E-state index contributed by atoms with van der Waals surface area (Å²) in [4.78, 5) is 10.9. The summed E-state index contributed by atoms with van der Waals surface area (Å²) in [6.07, 6.45) is 3.80. The molecule has 3 heterocycles. The van der Waals surface area contributed by atoms with Crippen LogP contribution >= 0.6 is 0 Å². The van der Waals surface area contributed by atoms with E-state index in [1.165, 1.54) is 16.7 Å². The summed E-state index contributed by atoms with van der Waals surface area (Å²) in [6.45, 7) is 3.00. The van der Waals surface area contributed by atoms with Crippen LogP contribution in [0.3, 0.4) is 0 Å². The van der Waals surface area contributed by atoms with Crippen molar-refractivity contribution in [2.24, 2.45) is 0 Å². The van der Waals surface area contributed by atoms with Crippen molar-refractivity contribution >= 4 is 11.8 Å². The predicted octanol–water partition coefficient (Wildman–Crippen LogP) is 3.67. The number of hydrogen-bond donors (Lipinski definition) is 2. The van der Waals surface area contributed by atoms with Crippen molar-refractivity contribution in [2.45, 2.75) is 37.8 Å². The van der Waals surface area contributed by atoms with Crippen LogP contribution in [0, 0.1) is 0 Å². The Labute approximate surface area is 176 Å². The number of fused-ring (bicyclic) bond motifs is 1. The lowest BCUT2D eigenvalue weighted by Gasteiger charge is -2.27. The van der Waals surface area contributed by atoms with Crippen LogP contribution < -0.4 is 16.2 Å². The third kappa shape index (κ3) is 3.71. The Morgan fingerprint density at radius 3 is 2.47 bits per heavy atom. The number of likely N-dealkylation sites (tertiary alicyclic amines) is 1. The summed E-state index contributed by atoms with van der Waals surface area (Å²) in [6, 6.07) is 19.4. The molecule has 1 spiro atoms. The molecule has 5 rings (SSSR count). The zero-order valence-corrected chi connectivity index (χ0v) is 17.1. The van der Waals surface area contributed by atoms with Crippen molar-refractivity contribution in [1.82, 2.24) is 14.9 Å². The molecule has 2 aliphatic rings. The molecule has 0 aliphatic carbocycles. The van der Waals surface area contributed by atoms with Gasteiger partial charge in [0.1, 0.15) is 11.4 Å². The number of ether oxygens (including phenoxy) is 1. The Hall–Kier alpha value is -3.12. The molecular weight excluding hydrogens is 374 g/mol. The third-order valence-electron chi connectivity index (χ3n) is 6.29. The van der Waals surface area contributed by atoms with Crippen molar-refractivity contribution in [3.63, 3.8) is 0 Å². The van der Waals surface area contributed by atoms with Crippen molar-refractivity contribution in [1.29, 1.82) is 0 Å². The number of anilines is 2. The van der Waals surface area contributed by atoms with E-state index in [2.05, 4.69) is 63.4 Å². The quantitative estimate of drug-likeness (QED) is 0.696. The highest BCUT2D eigenvalue weighted by Gasteiger charge is 2.42. The van der Waals surface area contributed by atoms with Gasteiger partial charge in [0.15, 0.2) is 0 Å². The summed E-state index contributed by atoms with van der Waals surface area (Å²) in [5.74, 6) is 1.21. The molecule has 3 aromatic rings. The lowest BCUT2D eigenvalue weighted by molar-refractivity contribution is 0.0728. The van der Waals surface area contributed by atoms with E-state index in [-0.39, 0.29) is 11.5 Å². The van der Waals surface area contributed by atoms with Crippen molar-refractivity contribution in [2.75, 3.05) is 24.6 Å². The molecule has 0 amide bonds. The van der Waals surface area contributed by atoms with Gasteiger partial charge in [-0.3, -0.25) is 4.90 Å². The van der Waals surface area contributed by atoms with Crippen molar-refractivity contribution < 1.29 is 4.74 Å². The van der Waals surface area contributed by atoms with E-state index in [9.17, 15) is 0 Å². The van der Waals surface area contributed by atoms with Crippen LogP contribution in [0.2, 0.25) is 0 Å². The van der Waals surface area contributed by atoms with Crippen molar-refractivity contribution in [3.8, 4) is 17.0 Å². The highest BCUT2D eigenvalue weighted by atomic mass is 16.5. The minimum Gasteiger partial charge on any atom is -0.470 e. The summed E-state index contributed by atoms with van der Waals surface area (Å²) in [5.41, 5.74) is 16.3. The Morgan fingerprint density at radius 2 is 1.67 bits per heavy atom. The van der Waals surface area contributed by atoms with Gasteiger partial charge in [-0.15, -0.1) is 0 Å². The molecule has 1 saturated heterocycles. The minimum absolute atomic E-state index is 0.178. The molecule has 4 N–H and O–H groups in total. The summed E-state index contributed by atoms with van der Waals surface area (Å²) in [5, 5.41) is 0. The molecular formula is C24H27N5O. The van der Waals surface area contributed by atoms with Gasteiger partial charge in [0.25, 0.3) is 0 Å². The van der Waals surface area contributed by atoms with E-state index in [1.54, 1.807) is 0 Å². The zero-order chi connectivity index (χ0) is 20.6. The number of hydrogen-bond acceptors (Lipinski definition) is 6. The van der Waals surface area contributed by atoms with Crippen LogP contribution in [0.4, 0.5) is 11.8 Å². The maximum Gasteiger partial charge on any atom is 0.225 e. The predicted molar refractivity (Wildman–Crippen MR) is 119 cm³/mol. The molecule has 6 nitrogen and oxygen atoms in total. The second kappa shape index (κ2) is 7.61. The fraction of sp³-hybridized carbons (Fsp3) is 0.333. The topological polar surface area (TPSA) is 90.3 Å². The van der Waals surface area contributed by atoms with E-state index in [1.807, 2.05) is 6.07 Å². The van der Waals surface area contributed by atoms with E-state index in [0.29, 0.717) is 11.7 Å². The standard InChI is InChI=1S/C24H27N5O/c25-21-20-15-24(30-22(20)28-23(26)27-21)11-4-13-29(14-12-24)16-17-7-9-19(10-8-17)18-5-2-1-3-6-18/h1-3,5-10H,4,11-16H2,(H4,25,26,27,28)/t24-/m0/s1. The van der Waals surface area contributed by atoms with Crippen LogP contribution in [-0.2, 0) is 13.0 Å². The van der Waals surface area contributed by atoms with E-state index in [4.69, 9.17) is 16.2 Å². The first-order valence-corrected chi connectivity index (χ1v) is 10.6. The molecule has 1 atom stereocenters. The molecule has 154 valence electrons. The van der Waals surface area contributed by atoms with Gasteiger partial charge in [-0.25, -0.2) is 0 Å². The molecule has 2 aliphatic heterocycles. The Kier molecular flexibility index (Phi) is 4.79. The second-order valence-corrected chi connectivity index (χ2v) is 8.41. The molecule has 0 saturated carbocycles. The normalized spacial score (nSPS) is 21.2. The minimum atomic E-state index is -0.231. The first kappa shape index (κ1) is 18.9. The maximum atomic E-state index is 6.30. The Bertz CT molecular complexity index is 1040. The fourth-order valence-electron chi connectivity index (χ4n) is 4.66. The lowest BCUT2D eigenvalue weighted by Crippen LogP contribution is -2.36. The van der Waals surface area contributed by atoms with E-state index < -0.39 is 0 Å². The van der Waals surface area contributed by atoms with Crippen LogP contribution in [0.5, 0.6) is 5.88 Å². The van der Waals surface area contributed by atoms with Gasteiger partial charge in [0, 0.05) is 25.9 Å². The summed E-state index contributed by atoms with van der Waals surface area (Å²) in [7, 11) is 0. The highest BCUT2D eigenvalue weighted by molar-refractivity contribution is 5.63. The van der Waals surface area contributed by atoms with Gasteiger partial charge in [-0.05, 0) is 36.1 Å². The smallest absolute Gasteiger partial charge is 0.225 e. The molecule has 0 bridgehead atoms. The fourth-order valence-corrected chi connectivity index (χ4v) is 4.66. The molecule has 0 radical (unpaired) electrons. The number of benzene rings is 2. The van der Waals surface area contributed by atoms with Crippen LogP contribution in [-0.4, -0.2) is 33.6 Å².